The monoisotopic (exact) mass is 529 g/mol. The van der Waals surface area contributed by atoms with Crippen molar-refractivity contribution in [3.05, 3.63) is 0 Å². The van der Waals surface area contributed by atoms with Crippen LogP contribution in [0.3, 0.4) is 0 Å². The molecule has 206 valence electrons. The number of hydrogen-bond acceptors (Lipinski definition) is 7. The van der Waals surface area contributed by atoms with Crippen molar-refractivity contribution in [1.82, 2.24) is 5.32 Å². The minimum Gasteiger partial charge on any atom is -0.317 e. The number of rotatable bonds is 29. The molecule has 10 heteroatoms. The molecule has 0 atom stereocenters. The molecule has 34 heavy (non-hydrogen) atoms. The Bertz CT molecular complexity index is 444. The summed E-state index contributed by atoms with van der Waals surface area (Å²) >= 11 is 2.10. The lowest BCUT2D eigenvalue weighted by molar-refractivity contribution is -0.610. The molecule has 0 rings (SSSR count). The molecule has 0 unspecified atom stereocenters. The van der Waals surface area contributed by atoms with Crippen molar-refractivity contribution < 1.29 is 34.0 Å². The number of phosphoric acid groups is 1. The Balaban J connectivity index is 3.03. The molecule has 0 spiro atoms. The van der Waals surface area contributed by atoms with E-state index in [1.165, 1.54) is 108 Å². The summed E-state index contributed by atoms with van der Waals surface area (Å²) in [5, 5.41) is 11.3. The first-order valence-corrected chi connectivity index (χ1v) is 16.2. The highest BCUT2D eigenvalue weighted by Crippen LogP contribution is 2.35. The SMILES string of the molecule is CCCCCCCCCCCCCCSCCCNCCCCCCCOOOOP(=O)(O)O. The summed E-state index contributed by atoms with van der Waals surface area (Å²) in [7, 11) is -4.70. The van der Waals surface area contributed by atoms with Crippen molar-refractivity contribution in [3.63, 3.8) is 0 Å². The summed E-state index contributed by atoms with van der Waals surface area (Å²) in [5.74, 6) is 2.57. The van der Waals surface area contributed by atoms with Gasteiger partial charge in [-0.2, -0.15) is 11.8 Å². The molecule has 0 aliphatic carbocycles. The van der Waals surface area contributed by atoms with Gasteiger partial charge in [-0.25, -0.2) is 9.45 Å². The Morgan fingerprint density at radius 3 is 1.76 bits per heavy atom. The molecule has 0 saturated heterocycles. The Kier molecular flexibility index (Phi) is 28.1. The molecule has 0 aliphatic heterocycles. The van der Waals surface area contributed by atoms with Gasteiger partial charge in [-0.05, 0) is 60.4 Å². The zero-order chi connectivity index (χ0) is 25.0. The Labute approximate surface area is 212 Å². The van der Waals surface area contributed by atoms with Gasteiger partial charge in [0.25, 0.3) is 0 Å². The largest absolute Gasteiger partial charge is 0.499 e. The standard InChI is InChI=1S/C24H52NO7PS/c1-2-3-4-5-6-7-8-9-10-11-15-18-23-34-24-19-21-25-20-16-13-12-14-17-22-29-30-31-32-33(26,27)28/h25H,2-24H2,1H3,(H2,26,27,28). The first-order valence-electron chi connectivity index (χ1n) is 13.5. The molecular formula is C24H52NO7PS. The number of unbranched alkanes of at least 4 members (excludes halogenated alkanes) is 15. The lowest BCUT2D eigenvalue weighted by Gasteiger charge is -2.06. The van der Waals surface area contributed by atoms with Crippen LogP contribution < -0.4 is 5.32 Å². The second-order valence-electron chi connectivity index (χ2n) is 8.90. The molecule has 0 radical (unpaired) electrons. The summed E-state index contributed by atoms with van der Waals surface area (Å²) in [4.78, 5) is 21.2. The van der Waals surface area contributed by atoms with Gasteiger partial charge in [-0.3, -0.25) is 0 Å². The maximum Gasteiger partial charge on any atom is 0.499 e. The molecule has 0 heterocycles. The molecule has 0 aromatic heterocycles. The van der Waals surface area contributed by atoms with E-state index in [-0.39, 0.29) is 6.61 Å². The zero-order valence-electron chi connectivity index (χ0n) is 21.6. The van der Waals surface area contributed by atoms with Crippen molar-refractivity contribution >= 4 is 19.6 Å². The maximum atomic E-state index is 10.3. The van der Waals surface area contributed by atoms with Crippen molar-refractivity contribution in [2.45, 2.75) is 122 Å². The topological polar surface area (TPSA) is 106 Å². The molecule has 3 N–H and O–H groups in total. The van der Waals surface area contributed by atoms with Crippen LogP contribution in [-0.4, -0.2) is 41.0 Å². The molecule has 0 aromatic rings. The van der Waals surface area contributed by atoms with Crippen molar-refractivity contribution in [1.29, 1.82) is 0 Å². The van der Waals surface area contributed by atoms with E-state index in [0.29, 0.717) is 0 Å². The minimum absolute atomic E-state index is 0.277. The van der Waals surface area contributed by atoms with Gasteiger partial charge in [0.1, 0.15) is 0 Å². The molecule has 0 amide bonds. The van der Waals surface area contributed by atoms with Gasteiger partial charge < -0.3 is 15.1 Å². The van der Waals surface area contributed by atoms with Gasteiger partial charge in [-0.1, -0.05) is 101 Å². The first kappa shape index (κ1) is 34.3. The second kappa shape index (κ2) is 27.9. The highest BCUT2D eigenvalue weighted by Gasteiger charge is 2.16. The molecule has 0 bridgehead atoms. The van der Waals surface area contributed by atoms with Gasteiger partial charge in [0.05, 0.1) is 6.61 Å². The van der Waals surface area contributed by atoms with Crippen LogP contribution in [0.4, 0.5) is 0 Å². The smallest absolute Gasteiger partial charge is 0.317 e. The lowest BCUT2D eigenvalue weighted by Crippen LogP contribution is -2.17. The van der Waals surface area contributed by atoms with Gasteiger partial charge in [0, 0.05) is 0 Å². The maximum absolute atomic E-state index is 10.3. The van der Waals surface area contributed by atoms with Gasteiger partial charge in [-0.15, -0.1) is 0 Å². The second-order valence-corrected chi connectivity index (χ2v) is 11.3. The summed E-state index contributed by atoms with van der Waals surface area (Å²) < 4.78 is 13.9. The highest BCUT2D eigenvalue weighted by molar-refractivity contribution is 7.99. The third kappa shape index (κ3) is 32.3. The molecule has 0 aliphatic rings. The average Bonchev–Trinajstić information content (AvgIpc) is 2.80. The fourth-order valence-corrected chi connectivity index (χ4v) is 4.68. The van der Waals surface area contributed by atoms with Crippen LogP contribution in [0.1, 0.15) is 122 Å². The molecular weight excluding hydrogens is 477 g/mol. The van der Waals surface area contributed by atoms with E-state index in [1.54, 1.807) is 0 Å². The van der Waals surface area contributed by atoms with Crippen LogP contribution in [0.25, 0.3) is 0 Å². The number of nitrogens with one attached hydrogen (secondary N) is 1. The normalized spacial score (nSPS) is 12.0. The molecule has 0 aromatic carbocycles. The quantitative estimate of drug-likeness (QED) is 0.0399. The van der Waals surface area contributed by atoms with E-state index >= 15 is 0 Å². The Hall–Kier alpha value is 0.300. The third-order valence-electron chi connectivity index (χ3n) is 5.57. The summed E-state index contributed by atoms with van der Waals surface area (Å²) in [6.45, 7) is 4.73. The van der Waals surface area contributed by atoms with Gasteiger partial charge in [0.15, 0.2) is 0 Å². The van der Waals surface area contributed by atoms with E-state index < -0.39 is 7.82 Å². The molecule has 0 fully saturated rings. The Morgan fingerprint density at radius 1 is 0.647 bits per heavy atom. The van der Waals surface area contributed by atoms with Crippen LogP contribution >= 0.6 is 19.6 Å². The first-order chi connectivity index (χ1) is 16.6. The van der Waals surface area contributed by atoms with E-state index in [9.17, 15) is 4.57 Å². The summed E-state index contributed by atoms with van der Waals surface area (Å²) in [5.41, 5.74) is 0. The summed E-state index contributed by atoms with van der Waals surface area (Å²) in [6.07, 6.45) is 23.5. The van der Waals surface area contributed by atoms with E-state index in [1.807, 2.05) is 0 Å². The van der Waals surface area contributed by atoms with E-state index in [0.717, 1.165) is 32.4 Å². The minimum atomic E-state index is -4.70. The van der Waals surface area contributed by atoms with Crippen LogP contribution in [0.2, 0.25) is 0 Å². The average molecular weight is 530 g/mol. The van der Waals surface area contributed by atoms with Crippen LogP contribution in [0.5, 0.6) is 0 Å². The van der Waals surface area contributed by atoms with E-state index in [2.05, 4.69) is 43.6 Å². The number of hydrogen-bond donors (Lipinski definition) is 3. The predicted octanol–water partition coefficient (Wildman–Crippen LogP) is 7.26. The van der Waals surface area contributed by atoms with Gasteiger partial charge >= 0.3 is 7.82 Å². The fraction of sp³-hybridized carbons (Fsp3) is 1.00. The van der Waals surface area contributed by atoms with Crippen LogP contribution in [-0.2, 0) is 24.2 Å². The van der Waals surface area contributed by atoms with Crippen molar-refractivity contribution in [2.24, 2.45) is 0 Å². The highest BCUT2D eigenvalue weighted by atomic mass is 32.2. The Morgan fingerprint density at radius 2 is 1.15 bits per heavy atom. The fourth-order valence-electron chi connectivity index (χ4n) is 3.62. The van der Waals surface area contributed by atoms with Gasteiger partial charge in [0.2, 0.25) is 0 Å². The lowest BCUT2D eigenvalue weighted by atomic mass is 10.1. The van der Waals surface area contributed by atoms with Crippen molar-refractivity contribution in [2.75, 3.05) is 31.2 Å². The zero-order valence-corrected chi connectivity index (χ0v) is 23.3. The number of thioether (sulfide) groups is 1. The van der Waals surface area contributed by atoms with Crippen molar-refractivity contribution in [3.8, 4) is 0 Å². The summed E-state index contributed by atoms with van der Waals surface area (Å²) in [6, 6.07) is 0. The molecule has 0 saturated carbocycles. The van der Waals surface area contributed by atoms with Crippen LogP contribution in [0, 0.1) is 0 Å². The van der Waals surface area contributed by atoms with E-state index in [4.69, 9.17) is 9.79 Å². The van der Waals surface area contributed by atoms with Crippen LogP contribution in [0.15, 0.2) is 0 Å². The predicted molar refractivity (Wildman–Crippen MR) is 140 cm³/mol. The molecule has 8 nitrogen and oxygen atoms in total. The third-order valence-corrected chi connectivity index (χ3v) is 6.98.